The summed E-state index contributed by atoms with van der Waals surface area (Å²) in [5.41, 5.74) is 1.35. The molecule has 10 nitrogen and oxygen atoms in total. The van der Waals surface area contributed by atoms with Crippen LogP contribution in [0.3, 0.4) is 0 Å². The summed E-state index contributed by atoms with van der Waals surface area (Å²) in [5.74, 6) is -0.306. The first-order valence-electron chi connectivity index (χ1n) is 15.7. The first-order valence-corrected chi connectivity index (χ1v) is 18.0. The number of anilines is 1. The van der Waals surface area contributed by atoms with E-state index in [0.29, 0.717) is 18.9 Å². The third-order valence-corrected chi connectivity index (χ3v) is 10.9. The second-order valence-corrected chi connectivity index (χ2v) is 14.8. The molecule has 2 aromatic carbocycles. The number of nitrogens with zero attached hydrogens (tertiary/aromatic N) is 2. The number of hydrogen-bond acceptors (Lipinski definition) is 8. The number of hydrogen-bond donors (Lipinski definition) is 2. The number of ether oxygens (including phenoxy) is 2. The van der Waals surface area contributed by atoms with Crippen molar-refractivity contribution in [2.75, 3.05) is 38.1 Å². The highest BCUT2D eigenvalue weighted by molar-refractivity contribution is 7.94. The Morgan fingerprint density at radius 1 is 1.13 bits per heavy atom. The molecule has 0 spiro atoms. The lowest BCUT2D eigenvalue weighted by Crippen LogP contribution is -2.48. The van der Waals surface area contributed by atoms with Gasteiger partial charge in [0.15, 0.2) is 0 Å². The molecule has 2 N–H and O–H groups in total. The molecule has 0 unspecified atom stereocenters. The maximum absolute atomic E-state index is 14.3. The normalized spacial score (nSPS) is 20.6. The van der Waals surface area contributed by atoms with Gasteiger partial charge >= 0.3 is 0 Å². The van der Waals surface area contributed by atoms with Gasteiger partial charge in [-0.25, -0.2) is 8.42 Å². The third-order valence-electron chi connectivity index (χ3n) is 8.14. The van der Waals surface area contributed by atoms with Crippen LogP contribution in [-0.2, 0) is 26.0 Å². The Morgan fingerprint density at radius 2 is 1.89 bits per heavy atom. The van der Waals surface area contributed by atoms with Gasteiger partial charge in [0, 0.05) is 38.3 Å². The van der Waals surface area contributed by atoms with Gasteiger partial charge in [0.05, 0.1) is 36.8 Å². The lowest BCUT2D eigenvalue weighted by Gasteiger charge is -2.36. The maximum Gasteiger partial charge on any atom is 0.271 e. The van der Waals surface area contributed by atoms with E-state index in [1.165, 1.54) is 12.1 Å². The van der Waals surface area contributed by atoms with Crippen molar-refractivity contribution in [3.8, 4) is 5.75 Å². The Bertz CT molecular complexity index is 1530. The molecule has 0 bridgehead atoms. The summed E-state index contributed by atoms with van der Waals surface area (Å²) >= 11 is 1.10. The minimum atomic E-state index is -3.85. The molecule has 1 aliphatic heterocycles. The molecule has 0 saturated heterocycles. The van der Waals surface area contributed by atoms with Crippen molar-refractivity contribution >= 4 is 38.9 Å². The number of benzene rings is 2. The summed E-state index contributed by atoms with van der Waals surface area (Å²) in [6.45, 7) is 6.44. The number of thiophene rings is 1. The van der Waals surface area contributed by atoms with Gasteiger partial charge in [0.2, 0.25) is 5.91 Å². The molecule has 2 heterocycles. The van der Waals surface area contributed by atoms with E-state index in [-0.39, 0.29) is 59.1 Å². The Labute approximate surface area is 276 Å². The monoisotopic (exact) mass is 671 g/mol. The van der Waals surface area contributed by atoms with Crippen molar-refractivity contribution in [3.05, 3.63) is 77.2 Å². The molecule has 0 radical (unpaired) electrons. The van der Waals surface area contributed by atoms with Crippen molar-refractivity contribution in [1.82, 2.24) is 9.80 Å². The molecule has 1 aliphatic rings. The molecule has 0 fully saturated rings. The number of carbonyl (C=O) groups excluding carboxylic acids is 2. The molecule has 1 aromatic heterocycles. The Morgan fingerprint density at radius 3 is 2.59 bits per heavy atom. The Balaban J connectivity index is 1.62. The summed E-state index contributed by atoms with van der Waals surface area (Å²) in [6, 6.07) is 16.9. The van der Waals surface area contributed by atoms with Gasteiger partial charge in [-0.1, -0.05) is 43.3 Å². The van der Waals surface area contributed by atoms with E-state index in [1.807, 2.05) is 44.2 Å². The van der Waals surface area contributed by atoms with Crippen LogP contribution in [0.25, 0.3) is 0 Å². The first kappa shape index (κ1) is 35.4. The molecule has 4 rings (SSSR count). The van der Waals surface area contributed by atoms with Crippen LogP contribution in [0.15, 0.2) is 70.3 Å². The van der Waals surface area contributed by atoms with E-state index in [2.05, 4.69) is 4.72 Å². The van der Waals surface area contributed by atoms with E-state index in [1.54, 1.807) is 47.4 Å². The van der Waals surface area contributed by atoms with E-state index < -0.39 is 22.0 Å². The van der Waals surface area contributed by atoms with Crippen LogP contribution in [-0.4, -0.2) is 86.7 Å². The standard InChI is InChI=1S/C34H45N3O7S2/c1-24-21-37(25(2)23-38)34(40)29-20-28(35-46(41,42)33-14-10-18-45-33)15-16-30(29)44-26(3)11-8-9-17-43-31(24)22-36(4)32(39)19-27-12-6-5-7-13-27/h5-7,10,12-16,18,20,24-26,31,35,38H,8-9,11,17,19,21-23H2,1-4H3/t24-,25-,26+,31+/m0/s1. The van der Waals surface area contributed by atoms with Gasteiger partial charge in [0.25, 0.3) is 15.9 Å². The van der Waals surface area contributed by atoms with Crippen LogP contribution >= 0.6 is 11.3 Å². The fourth-order valence-corrected chi connectivity index (χ4v) is 7.39. The summed E-state index contributed by atoms with van der Waals surface area (Å²) < 4.78 is 41.3. The van der Waals surface area contributed by atoms with Crippen molar-refractivity contribution in [3.63, 3.8) is 0 Å². The van der Waals surface area contributed by atoms with Crippen LogP contribution in [0.4, 0.5) is 5.69 Å². The average molecular weight is 672 g/mol. The fourth-order valence-electron chi connectivity index (χ4n) is 5.35. The SMILES string of the molecule is C[C@@H]1CCCCO[C@H](CN(C)C(=O)Cc2ccccc2)[C@@H](C)CN([C@@H](C)CO)C(=O)c2cc(NS(=O)(=O)c3cccs3)ccc2O1. The summed E-state index contributed by atoms with van der Waals surface area (Å²) in [6.07, 6.45) is 2.04. The van der Waals surface area contributed by atoms with E-state index in [0.717, 1.165) is 36.2 Å². The molecule has 4 atom stereocenters. The molecule has 0 aliphatic carbocycles. The number of fused-ring (bicyclic) bond motifs is 1. The van der Waals surface area contributed by atoms with Crippen molar-refractivity contribution < 1.29 is 32.6 Å². The predicted octanol–water partition coefficient (Wildman–Crippen LogP) is 5.05. The van der Waals surface area contributed by atoms with Crippen molar-refractivity contribution in [1.29, 1.82) is 0 Å². The van der Waals surface area contributed by atoms with E-state index in [4.69, 9.17) is 9.47 Å². The molecule has 0 saturated carbocycles. The largest absolute Gasteiger partial charge is 0.490 e. The molecular weight excluding hydrogens is 627 g/mol. The predicted molar refractivity (Wildman–Crippen MR) is 180 cm³/mol. The summed E-state index contributed by atoms with van der Waals surface area (Å²) in [4.78, 5) is 30.7. The van der Waals surface area contributed by atoms with Crippen molar-refractivity contribution in [2.24, 2.45) is 5.92 Å². The number of sulfonamides is 1. The number of aliphatic hydroxyl groups is 1. The smallest absolute Gasteiger partial charge is 0.271 e. The molecule has 2 amide bonds. The first-order chi connectivity index (χ1) is 22.0. The zero-order chi connectivity index (χ0) is 33.3. The van der Waals surface area contributed by atoms with Crippen LogP contribution in [0, 0.1) is 5.92 Å². The molecule has 250 valence electrons. The number of nitrogens with one attached hydrogen (secondary N) is 1. The second kappa shape index (κ2) is 16.4. The minimum Gasteiger partial charge on any atom is -0.490 e. The summed E-state index contributed by atoms with van der Waals surface area (Å²) in [7, 11) is -2.08. The van der Waals surface area contributed by atoms with Crippen LogP contribution < -0.4 is 9.46 Å². The van der Waals surface area contributed by atoms with E-state index >= 15 is 0 Å². The third kappa shape index (κ3) is 9.54. The number of rotatable bonds is 9. The second-order valence-electron chi connectivity index (χ2n) is 12.0. The zero-order valence-electron chi connectivity index (χ0n) is 26.9. The minimum absolute atomic E-state index is 0.0320. The Hall–Kier alpha value is -3.45. The molecular formula is C34H45N3O7S2. The molecule has 46 heavy (non-hydrogen) atoms. The highest BCUT2D eigenvalue weighted by atomic mass is 32.2. The Kier molecular flexibility index (Phi) is 12.6. The van der Waals surface area contributed by atoms with Gasteiger partial charge in [-0.05, 0) is 68.3 Å². The van der Waals surface area contributed by atoms with Crippen LogP contribution in [0.2, 0.25) is 0 Å². The van der Waals surface area contributed by atoms with Crippen LogP contribution in [0.1, 0.15) is 56.0 Å². The lowest BCUT2D eigenvalue weighted by molar-refractivity contribution is -0.131. The van der Waals surface area contributed by atoms with Gasteiger partial charge in [0.1, 0.15) is 9.96 Å². The number of amides is 2. The highest BCUT2D eigenvalue weighted by Gasteiger charge is 2.31. The number of carbonyl (C=O) groups is 2. The van der Waals surface area contributed by atoms with Gasteiger partial charge in [-0.3, -0.25) is 14.3 Å². The van der Waals surface area contributed by atoms with E-state index in [9.17, 15) is 23.1 Å². The van der Waals surface area contributed by atoms with Crippen molar-refractivity contribution in [2.45, 2.75) is 68.9 Å². The maximum atomic E-state index is 14.3. The number of aliphatic hydroxyl groups excluding tert-OH is 1. The quantitative estimate of drug-likeness (QED) is 0.326. The van der Waals surface area contributed by atoms with Gasteiger partial charge in [-0.2, -0.15) is 0 Å². The average Bonchev–Trinajstić information content (AvgIpc) is 3.59. The van der Waals surface area contributed by atoms with Crippen LogP contribution in [0.5, 0.6) is 5.75 Å². The molecule has 3 aromatic rings. The van der Waals surface area contributed by atoms with Gasteiger partial charge in [-0.15, -0.1) is 11.3 Å². The summed E-state index contributed by atoms with van der Waals surface area (Å²) in [5, 5.41) is 11.9. The molecule has 12 heteroatoms. The number of likely N-dealkylation sites (N-methyl/N-ethyl adjacent to an activating group) is 1. The lowest BCUT2D eigenvalue weighted by atomic mass is 10.0. The topological polar surface area (TPSA) is 125 Å². The highest BCUT2D eigenvalue weighted by Crippen LogP contribution is 2.30. The van der Waals surface area contributed by atoms with Gasteiger partial charge < -0.3 is 24.4 Å². The fraction of sp³-hybridized carbons (Fsp3) is 0.471. The zero-order valence-corrected chi connectivity index (χ0v) is 28.6.